The average molecular weight is 460 g/mol. The van der Waals surface area contributed by atoms with E-state index in [1.54, 1.807) is 66.9 Å². The van der Waals surface area contributed by atoms with Gasteiger partial charge < -0.3 is 24.2 Å². The van der Waals surface area contributed by atoms with Crippen LogP contribution in [-0.4, -0.2) is 48.0 Å². The van der Waals surface area contributed by atoms with Crippen LogP contribution in [0.15, 0.2) is 72.4 Å². The highest BCUT2D eigenvalue weighted by molar-refractivity contribution is 6.46. The number of pyridine rings is 1. The molecular weight excluding hydrogens is 436 g/mol. The first kappa shape index (κ1) is 22.8. The third kappa shape index (κ3) is 4.05. The number of benzene rings is 2. The maximum Gasteiger partial charge on any atom is 0.296 e. The van der Waals surface area contributed by atoms with Gasteiger partial charge in [-0.1, -0.05) is 24.3 Å². The number of aromatic nitrogens is 1. The molecular formula is C26H24N2O6. The standard InChI is InChI=1S/C26H24N2O6/c1-32-19-10-5-4-9-18(19)23-22(24(29)16-11-12-20(33-2)21(14-16)34-3)25(30)26(31)28(23)15-17-8-6-7-13-27-17/h4-14,23,29H,15H2,1-3H3/b24-22+. The van der Waals surface area contributed by atoms with E-state index < -0.39 is 17.7 Å². The summed E-state index contributed by atoms with van der Waals surface area (Å²) in [5.41, 5.74) is 1.45. The number of aliphatic hydroxyl groups is 1. The molecule has 1 aliphatic heterocycles. The minimum Gasteiger partial charge on any atom is -0.507 e. The molecule has 0 spiro atoms. The van der Waals surface area contributed by atoms with Crippen molar-refractivity contribution in [1.29, 1.82) is 0 Å². The predicted octanol–water partition coefficient (Wildman–Crippen LogP) is 3.73. The normalized spacial score (nSPS) is 17.0. The maximum absolute atomic E-state index is 13.3. The number of amides is 1. The van der Waals surface area contributed by atoms with Crippen LogP contribution in [0.25, 0.3) is 5.76 Å². The quantitative estimate of drug-likeness (QED) is 0.326. The lowest BCUT2D eigenvalue weighted by atomic mass is 9.94. The molecule has 0 bridgehead atoms. The van der Waals surface area contributed by atoms with Gasteiger partial charge in [0.15, 0.2) is 11.5 Å². The van der Waals surface area contributed by atoms with Crippen molar-refractivity contribution < 1.29 is 28.9 Å². The van der Waals surface area contributed by atoms with Crippen molar-refractivity contribution in [3.8, 4) is 17.2 Å². The Labute approximate surface area is 197 Å². The topological polar surface area (TPSA) is 98.2 Å². The number of hydrogen-bond donors (Lipinski definition) is 1. The summed E-state index contributed by atoms with van der Waals surface area (Å²) in [6.07, 6.45) is 1.62. The minimum absolute atomic E-state index is 0.0438. The van der Waals surface area contributed by atoms with E-state index in [0.29, 0.717) is 34.1 Å². The Balaban J connectivity index is 1.91. The molecule has 1 saturated heterocycles. The van der Waals surface area contributed by atoms with Gasteiger partial charge in [-0.05, 0) is 36.4 Å². The largest absolute Gasteiger partial charge is 0.507 e. The van der Waals surface area contributed by atoms with Crippen molar-refractivity contribution in [3.63, 3.8) is 0 Å². The third-order valence-corrected chi connectivity index (χ3v) is 5.69. The SMILES string of the molecule is COc1ccc(/C(O)=C2\C(=O)C(=O)N(Cc3ccccn3)C2c2ccccc2OC)cc1OC. The van der Waals surface area contributed by atoms with Gasteiger partial charge in [-0.15, -0.1) is 0 Å². The fourth-order valence-corrected chi connectivity index (χ4v) is 4.06. The molecule has 4 rings (SSSR count). The summed E-state index contributed by atoms with van der Waals surface area (Å²) < 4.78 is 16.1. The molecule has 1 aliphatic rings. The summed E-state index contributed by atoms with van der Waals surface area (Å²) in [4.78, 5) is 32.1. The number of Topliss-reactive ketones (excluding diaryl/α,β-unsaturated/α-hetero) is 1. The van der Waals surface area contributed by atoms with Crippen molar-refractivity contribution in [2.75, 3.05) is 21.3 Å². The molecule has 2 aromatic carbocycles. The Morgan fingerprint density at radius 3 is 2.29 bits per heavy atom. The highest BCUT2D eigenvalue weighted by Crippen LogP contribution is 2.43. The molecule has 0 saturated carbocycles. The van der Waals surface area contributed by atoms with E-state index in [2.05, 4.69) is 4.98 Å². The van der Waals surface area contributed by atoms with Gasteiger partial charge >= 0.3 is 0 Å². The second-order valence-corrected chi connectivity index (χ2v) is 7.56. The molecule has 3 aromatic rings. The fourth-order valence-electron chi connectivity index (χ4n) is 4.06. The molecule has 0 radical (unpaired) electrons. The van der Waals surface area contributed by atoms with Crippen molar-refractivity contribution >= 4 is 17.4 Å². The molecule has 1 amide bonds. The van der Waals surface area contributed by atoms with Gasteiger partial charge in [0.1, 0.15) is 11.5 Å². The highest BCUT2D eigenvalue weighted by atomic mass is 16.5. The highest BCUT2D eigenvalue weighted by Gasteiger charge is 2.47. The first-order valence-corrected chi connectivity index (χ1v) is 10.5. The summed E-state index contributed by atoms with van der Waals surface area (Å²) in [6.45, 7) is 0.0802. The number of likely N-dealkylation sites (tertiary alicyclic amines) is 1. The zero-order valence-corrected chi connectivity index (χ0v) is 19.0. The number of methoxy groups -OCH3 is 3. The van der Waals surface area contributed by atoms with Crippen LogP contribution in [0, 0.1) is 0 Å². The van der Waals surface area contributed by atoms with Crippen LogP contribution in [0.3, 0.4) is 0 Å². The van der Waals surface area contributed by atoms with E-state index >= 15 is 0 Å². The molecule has 174 valence electrons. The summed E-state index contributed by atoms with van der Waals surface area (Å²) in [7, 11) is 4.49. The first-order valence-electron chi connectivity index (χ1n) is 10.5. The van der Waals surface area contributed by atoms with E-state index in [1.165, 1.54) is 26.2 Å². The van der Waals surface area contributed by atoms with Crippen LogP contribution in [0.1, 0.15) is 22.9 Å². The number of ether oxygens (including phenoxy) is 3. The number of ketones is 1. The smallest absolute Gasteiger partial charge is 0.296 e. The van der Waals surface area contributed by atoms with Gasteiger partial charge in [0.2, 0.25) is 0 Å². The number of carbonyl (C=O) groups excluding carboxylic acids is 2. The van der Waals surface area contributed by atoms with E-state index in [0.717, 1.165) is 0 Å². The molecule has 2 heterocycles. The van der Waals surface area contributed by atoms with Gasteiger partial charge in [0, 0.05) is 17.3 Å². The lowest BCUT2D eigenvalue weighted by Crippen LogP contribution is -2.29. The Morgan fingerprint density at radius 2 is 1.62 bits per heavy atom. The molecule has 1 fully saturated rings. The molecule has 1 N–H and O–H groups in total. The molecule has 34 heavy (non-hydrogen) atoms. The van der Waals surface area contributed by atoms with Crippen LogP contribution in [0.2, 0.25) is 0 Å². The van der Waals surface area contributed by atoms with Crippen molar-refractivity contribution in [1.82, 2.24) is 9.88 Å². The predicted molar refractivity (Wildman–Crippen MR) is 125 cm³/mol. The summed E-state index contributed by atoms with van der Waals surface area (Å²) in [5.74, 6) is -0.515. The molecule has 8 heteroatoms. The van der Waals surface area contributed by atoms with Crippen LogP contribution in [-0.2, 0) is 16.1 Å². The maximum atomic E-state index is 13.3. The number of para-hydroxylation sites is 1. The molecule has 8 nitrogen and oxygen atoms in total. The van der Waals surface area contributed by atoms with Crippen LogP contribution in [0.5, 0.6) is 17.2 Å². The Hall–Kier alpha value is -4.33. The Morgan fingerprint density at radius 1 is 0.912 bits per heavy atom. The molecule has 1 aromatic heterocycles. The lowest BCUT2D eigenvalue weighted by Gasteiger charge is -2.26. The lowest BCUT2D eigenvalue weighted by molar-refractivity contribution is -0.140. The van der Waals surface area contributed by atoms with Crippen LogP contribution >= 0.6 is 0 Å². The van der Waals surface area contributed by atoms with E-state index in [9.17, 15) is 14.7 Å². The third-order valence-electron chi connectivity index (χ3n) is 5.69. The number of carbonyl (C=O) groups is 2. The van der Waals surface area contributed by atoms with Crippen LogP contribution in [0.4, 0.5) is 0 Å². The van der Waals surface area contributed by atoms with Crippen molar-refractivity contribution in [3.05, 3.63) is 89.3 Å². The van der Waals surface area contributed by atoms with Gasteiger partial charge in [-0.25, -0.2) is 0 Å². The summed E-state index contributed by atoms with van der Waals surface area (Å²) in [6, 6.07) is 16.3. The zero-order valence-electron chi connectivity index (χ0n) is 19.0. The van der Waals surface area contributed by atoms with E-state index in [1.807, 2.05) is 0 Å². The van der Waals surface area contributed by atoms with Gasteiger partial charge in [-0.3, -0.25) is 14.6 Å². The van der Waals surface area contributed by atoms with E-state index in [-0.39, 0.29) is 17.9 Å². The molecule has 1 unspecified atom stereocenters. The summed E-state index contributed by atoms with van der Waals surface area (Å²) >= 11 is 0. The first-order chi connectivity index (χ1) is 16.5. The monoisotopic (exact) mass is 460 g/mol. The fraction of sp³-hybridized carbons (Fsp3) is 0.192. The van der Waals surface area contributed by atoms with Gasteiger partial charge in [0.25, 0.3) is 11.7 Å². The number of rotatable bonds is 7. The summed E-state index contributed by atoms with van der Waals surface area (Å²) in [5, 5.41) is 11.3. The van der Waals surface area contributed by atoms with Gasteiger partial charge in [-0.2, -0.15) is 0 Å². The number of nitrogens with zero attached hydrogens (tertiary/aromatic N) is 2. The second-order valence-electron chi connectivity index (χ2n) is 7.56. The Bertz CT molecular complexity index is 1260. The zero-order chi connectivity index (χ0) is 24.2. The number of aliphatic hydroxyl groups excluding tert-OH is 1. The second kappa shape index (κ2) is 9.66. The minimum atomic E-state index is -0.883. The van der Waals surface area contributed by atoms with Gasteiger partial charge in [0.05, 0.1) is 45.2 Å². The number of hydrogen-bond acceptors (Lipinski definition) is 7. The van der Waals surface area contributed by atoms with Crippen LogP contribution < -0.4 is 14.2 Å². The Kier molecular flexibility index (Phi) is 6.49. The average Bonchev–Trinajstić information content (AvgIpc) is 3.13. The van der Waals surface area contributed by atoms with Crippen molar-refractivity contribution in [2.45, 2.75) is 12.6 Å². The van der Waals surface area contributed by atoms with E-state index in [4.69, 9.17) is 14.2 Å². The van der Waals surface area contributed by atoms with Crippen molar-refractivity contribution in [2.24, 2.45) is 0 Å². The molecule has 1 atom stereocenters. The molecule has 0 aliphatic carbocycles.